The van der Waals surface area contributed by atoms with E-state index in [2.05, 4.69) is 39.2 Å². The summed E-state index contributed by atoms with van der Waals surface area (Å²) in [5.41, 5.74) is 1.18. The molecule has 4 atom stereocenters. The Labute approximate surface area is 162 Å². The highest BCUT2D eigenvalue weighted by Gasteiger charge is 2.53. The molecule has 5 rings (SSSR count). The number of nitrogens with zero attached hydrogens (tertiary/aromatic N) is 4. The molecule has 4 aliphatic heterocycles. The van der Waals surface area contributed by atoms with Crippen molar-refractivity contribution in [2.75, 3.05) is 37.6 Å². The Balaban J connectivity index is 1.24. The lowest BCUT2D eigenvalue weighted by Gasteiger charge is -2.23. The number of likely N-dealkylation sites (tertiary alicyclic amines) is 1. The first-order chi connectivity index (χ1) is 13.3. The number of rotatable bonds is 4. The lowest BCUT2D eigenvalue weighted by atomic mass is 9.82. The van der Waals surface area contributed by atoms with Gasteiger partial charge in [-0.2, -0.15) is 0 Å². The van der Waals surface area contributed by atoms with Gasteiger partial charge >= 0.3 is 0 Å². The molecule has 4 aliphatic rings. The zero-order valence-corrected chi connectivity index (χ0v) is 16.3. The number of hydrogen-bond donors (Lipinski definition) is 1. The third-order valence-corrected chi connectivity index (χ3v) is 6.74. The van der Waals surface area contributed by atoms with Crippen molar-refractivity contribution in [3.8, 4) is 0 Å². The number of fused-ring (bicyclic) bond motifs is 5. The van der Waals surface area contributed by atoms with Crippen LogP contribution in [0.1, 0.15) is 38.2 Å². The molecule has 6 heteroatoms. The Morgan fingerprint density at radius 1 is 1.19 bits per heavy atom. The number of hydrogen-bond acceptors (Lipinski definition) is 4. The van der Waals surface area contributed by atoms with Crippen LogP contribution in [0.3, 0.4) is 0 Å². The molecule has 4 unspecified atom stereocenters. The standard InChI is InChI=1S/C21H31N5O/c1-2-22-21(26-13-16-17(14-26)19-7-6-18(16)27-19)24-12-15-5-8-20(23-11-15)25-9-3-4-10-25/h5,8,11,16-19H,2-4,6-7,9-10,12-14H2,1H3,(H,22,24). The van der Waals surface area contributed by atoms with Crippen LogP contribution in [0.5, 0.6) is 0 Å². The van der Waals surface area contributed by atoms with Crippen LogP contribution < -0.4 is 10.2 Å². The molecule has 2 bridgehead atoms. The van der Waals surface area contributed by atoms with Crippen molar-refractivity contribution < 1.29 is 4.74 Å². The fraction of sp³-hybridized carbons (Fsp3) is 0.714. The van der Waals surface area contributed by atoms with Gasteiger partial charge in [-0.25, -0.2) is 9.98 Å². The number of aromatic nitrogens is 1. The Hall–Kier alpha value is -1.82. The smallest absolute Gasteiger partial charge is 0.194 e. The van der Waals surface area contributed by atoms with Crippen LogP contribution in [0, 0.1) is 11.8 Å². The Morgan fingerprint density at radius 2 is 1.93 bits per heavy atom. The lowest BCUT2D eigenvalue weighted by molar-refractivity contribution is 0.0767. The SMILES string of the molecule is CCNC(=NCc1ccc(N2CCCC2)nc1)N1CC2C3CCC(O3)C2C1. The third-order valence-electron chi connectivity index (χ3n) is 6.74. The molecule has 0 aromatic carbocycles. The van der Waals surface area contributed by atoms with Gasteiger partial charge in [-0.05, 0) is 44.2 Å². The molecule has 0 aliphatic carbocycles. The van der Waals surface area contributed by atoms with Crippen LogP contribution in [0.4, 0.5) is 5.82 Å². The number of aliphatic imine (C=N–C) groups is 1. The van der Waals surface area contributed by atoms with Crippen molar-refractivity contribution in [3.63, 3.8) is 0 Å². The third kappa shape index (κ3) is 3.28. The molecule has 0 amide bonds. The summed E-state index contributed by atoms with van der Waals surface area (Å²) < 4.78 is 6.11. The number of nitrogens with one attached hydrogen (secondary N) is 1. The summed E-state index contributed by atoms with van der Waals surface area (Å²) in [6.07, 6.45) is 8.05. The zero-order valence-electron chi connectivity index (χ0n) is 16.3. The van der Waals surface area contributed by atoms with E-state index in [0.29, 0.717) is 30.6 Å². The van der Waals surface area contributed by atoms with E-state index in [9.17, 15) is 0 Å². The summed E-state index contributed by atoms with van der Waals surface area (Å²) in [6, 6.07) is 4.33. The van der Waals surface area contributed by atoms with Gasteiger partial charge in [0, 0.05) is 50.8 Å². The van der Waals surface area contributed by atoms with Gasteiger partial charge < -0.3 is 19.9 Å². The molecule has 146 valence electrons. The first-order valence-electron chi connectivity index (χ1n) is 10.7. The minimum Gasteiger partial charge on any atom is -0.374 e. The molecule has 4 fully saturated rings. The van der Waals surface area contributed by atoms with Gasteiger partial charge in [-0.15, -0.1) is 0 Å². The molecule has 0 saturated carbocycles. The maximum atomic E-state index is 6.11. The van der Waals surface area contributed by atoms with Crippen LogP contribution >= 0.6 is 0 Å². The van der Waals surface area contributed by atoms with E-state index in [0.717, 1.165) is 44.5 Å². The first-order valence-corrected chi connectivity index (χ1v) is 10.7. The molecule has 6 nitrogen and oxygen atoms in total. The number of guanidine groups is 1. The van der Waals surface area contributed by atoms with E-state index in [1.807, 2.05) is 6.20 Å². The second-order valence-corrected chi connectivity index (χ2v) is 8.41. The molecule has 1 aromatic heterocycles. The minimum absolute atomic E-state index is 0.496. The first kappa shape index (κ1) is 17.3. The van der Waals surface area contributed by atoms with Gasteiger partial charge in [0.05, 0.1) is 18.8 Å². The van der Waals surface area contributed by atoms with E-state index in [1.54, 1.807) is 0 Å². The average Bonchev–Trinajstić information content (AvgIpc) is 3.47. The summed E-state index contributed by atoms with van der Waals surface area (Å²) in [6.45, 7) is 8.18. The quantitative estimate of drug-likeness (QED) is 0.652. The Bertz CT molecular complexity index is 666. The van der Waals surface area contributed by atoms with Crippen molar-refractivity contribution in [2.45, 2.75) is 51.4 Å². The van der Waals surface area contributed by atoms with Gasteiger partial charge in [0.25, 0.3) is 0 Å². The predicted octanol–water partition coefficient (Wildman–Crippen LogP) is 2.26. The Kier molecular flexibility index (Phi) is 4.68. The second kappa shape index (κ2) is 7.30. The van der Waals surface area contributed by atoms with Crippen molar-refractivity contribution in [2.24, 2.45) is 16.8 Å². The predicted molar refractivity (Wildman–Crippen MR) is 107 cm³/mol. The van der Waals surface area contributed by atoms with Crippen molar-refractivity contribution in [1.29, 1.82) is 0 Å². The van der Waals surface area contributed by atoms with Gasteiger partial charge in [0.15, 0.2) is 5.96 Å². The maximum Gasteiger partial charge on any atom is 0.194 e. The van der Waals surface area contributed by atoms with Crippen molar-refractivity contribution >= 4 is 11.8 Å². The summed E-state index contributed by atoms with van der Waals surface area (Å²) >= 11 is 0. The zero-order chi connectivity index (χ0) is 18.2. The molecular formula is C21H31N5O. The Morgan fingerprint density at radius 3 is 2.56 bits per heavy atom. The summed E-state index contributed by atoms with van der Waals surface area (Å²) in [5.74, 6) is 3.56. The summed E-state index contributed by atoms with van der Waals surface area (Å²) in [5, 5.41) is 3.50. The van der Waals surface area contributed by atoms with Gasteiger partial charge in [-0.1, -0.05) is 6.07 Å². The highest BCUT2D eigenvalue weighted by Crippen LogP contribution is 2.47. The summed E-state index contributed by atoms with van der Waals surface area (Å²) in [7, 11) is 0. The number of pyridine rings is 1. The summed E-state index contributed by atoms with van der Waals surface area (Å²) in [4.78, 5) is 14.4. The second-order valence-electron chi connectivity index (χ2n) is 8.41. The van der Waals surface area contributed by atoms with E-state index >= 15 is 0 Å². The van der Waals surface area contributed by atoms with E-state index in [-0.39, 0.29) is 0 Å². The maximum absolute atomic E-state index is 6.11. The molecular weight excluding hydrogens is 338 g/mol. The van der Waals surface area contributed by atoms with Crippen LogP contribution in [-0.4, -0.2) is 60.8 Å². The number of ether oxygens (including phenoxy) is 1. The molecule has 5 heterocycles. The topological polar surface area (TPSA) is 53.0 Å². The van der Waals surface area contributed by atoms with Crippen LogP contribution in [0.2, 0.25) is 0 Å². The highest BCUT2D eigenvalue weighted by atomic mass is 16.5. The fourth-order valence-electron chi connectivity index (χ4n) is 5.37. The molecule has 0 radical (unpaired) electrons. The van der Waals surface area contributed by atoms with E-state index < -0.39 is 0 Å². The highest BCUT2D eigenvalue weighted by molar-refractivity contribution is 5.80. The monoisotopic (exact) mass is 369 g/mol. The van der Waals surface area contributed by atoms with Crippen molar-refractivity contribution in [3.05, 3.63) is 23.9 Å². The molecule has 1 N–H and O–H groups in total. The van der Waals surface area contributed by atoms with Gasteiger partial charge in [-0.3, -0.25) is 0 Å². The normalized spacial score (nSPS) is 32.4. The molecule has 4 saturated heterocycles. The van der Waals surface area contributed by atoms with E-state index in [4.69, 9.17) is 9.73 Å². The average molecular weight is 370 g/mol. The molecule has 27 heavy (non-hydrogen) atoms. The van der Waals surface area contributed by atoms with Gasteiger partial charge in [0.2, 0.25) is 0 Å². The van der Waals surface area contributed by atoms with Crippen LogP contribution in [-0.2, 0) is 11.3 Å². The number of anilines is 1. The van der Waals surface area contributed by atoms with E-state index in [1.165, 1.54) is 31.2 Å². The molecule has 1 aromatic rings. The minimum atomic E-state index is 0.496. The fourth-order valence-corrected chi connectivity index (χ4v) is 5.37. The van der Waals surface area contributed by atoms with Gasteiger partial charge in [0.1, 0.15) is 5.82 Å². The lowest BCUT2D eigenvalue weighted by Crippen LogP contribution is -2.41. The van der Waals surface area contributed by atoms with Crippen LogP contribution in [0.15, 0.2) is 23.3 Å². The van der Waals surface area contributed by atoms with Crippen molar-refractivity contribution in [1.82, 2.24) is 15.2 Å². The van der Waals surface area contributed by atoms with Crippen LogP contribution in [0.25, 0.3) is 0 Å². The molecule has 0 spiro atoms. The largest absolute Gasteiger partial charge is 0.374 e.